The Morgan fingerprint density at radius 1 is 1.65 bits per heavy atom. The number of aryl methyl sites for hydroxylation is 2. The fourth-order valence-corrected chi connectivity index (χ4v) is 2.67. The molecule has 0 saturated carbocycles. The van der Waals surface area contributed by atoms with Crippen LogP contribution >= 0.6 is 11.6 Å². The minimum Gasteiger partial charge on any atom is -0.381 e. The Bertz CT molecular complexity index is 385. The Hall–Kier alpha value is -0.580. The van der Waals surface area contributed by atoms with E-state index in [0.29, 0.717) is 5.92 Å². The largest absolute Gasteiger partial charge is 0.381 e. The second-order valence-corrected chi connectivity index (χ2v) is 5.28. The number of nitrogens with zero attached hydrogens (tertiary/aromatic N) is 2. The highest BCUT2D eigenvalue weighted by Crippen LogP contribution is 2.23. The Morgan fingerprint density at radius 3 is 2.94 bits per heavy atom. The van der Waals surface area contributed by atoms with Crippen molar-refractivity contribution in [1.82, 2.24) is 9.78 Å². The standard InChI is InChI=1S/C12H20ClN3O/c1-8-12(13)11(16(2)15-8)6-10(14)5-9-3-4-17-7-9/h9-10H,3-7,14H2,1-2H3. The highest BCUT2D eigenvalue weighted by Gasteiger charge is 2.21. The third-order valence-electron chi connectivity index (χ3n) is 3.38. The van der Waals surface area contributed by atoms with E-state index in [1.54, 1.807) is 0 Å². The summed E-state index contributed by atoms with van der Waals surface area (Å²) in [5.41, 5.74) is 8.09. The molecular weight excluding hydrogens is 238 g/mol. The number of rotatable bonds is 4. The van der Waals surface area contributed by atoms with E-state index in [2.05, 4.69) is 5.10 Å². The first-order chi connectivity index (χ1) is 8.08. The SMILES string of the molecule is Cc1nn(C)c(CC(N)CC2CCOC2)c1Cl. The van der Waals surface area contributed by atoms with Gasteiger partial charge in [0, 0.05) is 32.7 Å². The number of nitrogens with two attached hydrogens (primary N) is 1. The number of aromatic nitrogens is 2. The van der Waals surface area contributed by atoms with Gasteiger partial charge in [-0.3, -0.25) is 4.68 Å². The number of hydrogen-bond acceptors (Lipinski definition) is 3. The summed E-state index contributed by atoms with van der Waals surface area (Å²) in [7, 11) is 1.92. The third-order valence-corrected chi connectivity index (χ3v) is 3.87. The Labute approximate surface area is 107 Å². The van der Waals surface area contributed by atoms with E-state index in [4.69, 9.17) is 22.1 Å². The molecule has 0 radical (unpaired) electrons. The molecule has 2 heterocycles. The average Bonchev–Trinajstić information content (AvgIpc) is 2.83. The molecule has 0 amide bonds. The molecule has 1 aliphatic heterocycles. The van der Waals surface area contributed by atoms with E-state index in [1.807, 2.05) is 18.7 Å². The number of halogens is 1. The topological polar surface area (TPSA) is 53.1 Å². The Balaban J connectivity index is 1.95. The van der Waals surface area contributed by atoms with E-state index in [1.165, 1.54) is 0 Å². The summed E-state index contributed by atoms with van der Waals surface area (Å²) in [6, 6.07) is 0.133. The van der Waals surface area contributed by atoms with Gasteiger partial charge in [-0.2, -0.15) is 5.10 Å². The molecule has 0 bridgehead atoms. The maximum atomic E-state index is 6.21. The van der Waals surface area contributed by atoms with Gasteiger partial charge in [0.2, 0.25) is 0 Å². The maximum Gasteiger partial charge on any atom is 0.0847 e. The molecule has 1 aliphatic rings. The monoisotopic (exact) mass is 257 g/mol. The van der Waals surface area contributed by atoms with Crippen LogP contribution in [0.15, 0.2) is 0 Å². The average molecular weight is 258 g/mol. The molecule has 1 saturated heterocycles. The molecule has 96 valence electrons. The summed E-state index contributed by atoms with van der Waals surface area (Å²) in [6.45, 7) is 3.65. The lowest BCUT2D eigenvalue weighted by Crippen LogP contribution is -2.27. The fraction of sp³-hybridized carbons (Fsp3) is 0.750. The summed E-state index contributed by atoms with van der Waals surface area (Å²) < 4.78 is 7.20. The van der Waals surface area contributed by atoms with Gasteiger partial charge in [0.05, 0.1) is 16.4 Å². The van der Waals surface area contributed by atoms with Gasteiger partial charge in [0.25, 0.3) is 0 Å². The summed E-state index contributed by atoms with van der Waals surface area (Å²) in [4.78, 5) is 0. The van der Waals surface area contributed by atoms with Crippen LogP contribution in [0.2, 0.25) is 5.02 Å². The lowest BCUT2D eigenvalue weighted by molar-refractivity contribution is 0.182. The summed E-state index contributed by atoms with van der Waals surface area (Å²) in [5.74, 6) is 0.609. The van der Waals surface area contributed by atoms with Gasteiger partial charge >= 0.3 is 0 Å². The van der Waals surface area contributed by atoms with Crippen LogP contribution in [0.4, 0.5) is 0 Å². The molecule has 2 atom stereocenters. The van der Waals surface area contributed by atoms with Crippen molar-refractivity contribution in [2.75, 3.05) is 13.2 Å². The normalized spacial score (nSPS) is 22.0. The van der Waals surface area contributed by atoms with Crippen LogP contribution in [0.3, 0.4) is 0 Å². The zero-order valence-electron chi connectivity index (χ0n) is 10.4. The van der Waals surface area contributed by atoms with Gasteiger partial charge in [0.15, 0.2) is 0 Å². The van der Waals surface area contributed by atoms with Crippen molar-refractivity contribution in [2.45, 2.75) is 32.2 Å². The van der Waals surface area contributed by atoms with Gasteiger partial charge in [-0.15, -0.1) is 0 Å². The first-order valence-corrected chi connectivity index (χ1v) is 6.47. The van der Waals surface area contributed by atoms with Gasteiger partial charge in [0.1, 0.15) is 0 Å². The van der Waals surface area contributed by atoms with Crippen LogP contribution in [0.5, 0.6) is 0 Å². The molecule has 0 spiro atoms. The van der Waals surface area contributed by atoms with Crippen molar-refractivity contribution in [3.05, 3.63) is 16.4 Å². The van der Waals surface area contributed by atoms with E-state index in [0.717, 1.165) is 48.9 Å². The van der Waals surface area contributed by atoms with Gasteiger partial charge in [-0.1, -0.05) is 11.6 Å². The molecule has 1 aromatic rings. The molecule has 5 heteroatoms. The van der Waals surface area contributed by atoms with Crippen LogP contribution in [0.1, 0.15) is 24.2 Å². The van der Waals surface area contributed by atoms with Crippen molar-refractivity contribution in [3.8, 4) is 0 Å². The molecule has 17 heavy (non-hydrogen) atoms. The summed E-state index contributed by atoms with van der Waals surface area (Å²) in [5, 5.41) is 5.06. The minimum absolute atomic E-state index is 0.133. The smallest absolute Gasteiger partial charge is 0.0847 e. The van der Waals surface area contributed by atoms with Crippen LogP contribution in [0.25, 0.3) is 0 Å². The van der Waals surface area contributed by atoms with Gasteiger partial charge in [-0.05, 0) is 25.7 Å². The molecule has 1 aromatic heterocycles. The lowest BCUT2D eigenvalue weighted by atomic mass is 9.97. The molecule has 4 nitrogen and oxygen atoms in total. The molecule has 0 aliphatic carbocycles. The Kier molecular flexibility index (Phi) is 4.07. The van der Waals surface area contributed by atoms with Gasteiger partial charge in [-0.25, -0.2) is 0 Å². The van der Waals surface area contributed by atoms with Crippen molar-refractivity contribution in [3.63, 3.8) is 0 Å². The predicted molar refractivity (Wildman–Crippen MR) is 68.2 cm³/mol. The van der Waals surface area contributed by atoms with E-state index in [-0.39, 0.29) is 6.04 Å². The zero-order valence-corrected chi connectivity index (χ0v) is 11.2. The van der Waals surface area contributed by atoms with Gasteiger partial charge < -0.3 is 10.5 Å². The molecule has 1 fully saturated rings. The summed E-state index contributed by atoms with van der Waals surface area (Å²) in [6.07, 6.45) is 2.92. The molecule has 2 unspecified atom stereocenters. The van der Waals surface area contributed by atoms with Crippen LogP contribution < -0.4 is 5.73 Å². The van der Waals surface area contributed by atoms with Crippen LogP contribution in [0, 0.1) is 12.8 Å². The van der Waals surface area contributed by atoms with E-state index >= 15 is 0 Å². The zero-order chi connectivity index (χ0) is 12.4. The van der Waals surface area contributed by atoms with Crippen molar-refractivity contribution in [2.24, 2.45) is 18.7 Å². The summed E-state index contributed by atoms with van der Waals surface area (Å²) >= 11 is 6.21. The number of hydrogen-bond donors (Lipinski definition) is 1. The van der Waals surface area contributed by atoms with Crippen LogP contribution in [-0.4, -0.2) is 29.0 Å². The first kappa shape index (κ1) is 12.9. The van der Waals surface area contributed by atoms with Crippen molar-refractivity contribution in [1.29, 1.82) is 0 Å². The van der Waals surface area contributed by atoms with E-state index < -0.39 is 0 Å². The minimum atomic E-state index is 0.133. The quantitative estimate of drug-likeness (QED) is 0.893. The first-order valence-electron chi connectivity index (χ1n) is 6.09. The van der Waals surface area contributed by atoms with Crippen LogP contribution in [-0.2, 0) is 18.2 Å². The lowest BCUT2D eigenvalue weighted by Gasteiger charge is -2.15. The maximum absolute atomic E-state index is 6.21. The highest BCUT2D eigenvalue weighted by atomic mass is 35.5. The van der Waals surface area contributed by atoms with Crippen molar-refractivity contribution < 1.29 is 4.74 Å². The Morgan fingerprint density at radius 2 is 2.41 bits per heavy atom. The third kappa shape index (κ3) is 3.00. The number of ether oxygens (including phenoxy) is 1. The fourth-order valence-electron chi connectivity index (χ4n) is 2.43. The predicted octanol–water partition coefficient (Wildman–Crippen LogP) is 1.68. The molecular formula is C12H20ClN3O. The second kappa shape index (κ2) is 5.38. The molecule has 2 N–H and O–H groups in total. The highest BCUT2D eigenvalue weighted by molar-refractivity contribution is 6.31. The second-order valence-electron chi connectivity index (χ2n) is 4.90. The van der Waals surface area contributed by atoms with Crippen molar-refractivity contribution >= 4 is 11.6 Å². The van der Waals surface area contributed by atoms with E-state index in [9.17, 15) is 0 Å². The molecule has 2 rings (SSSR count). The molecule has 0 aromatic carbocycles.